The largest absolute Gasteiger partial charge is 0.480 e. The van der Waals surface area contributed by atoms with Crippen molar-refractivity contribution in [3.8, 4) is 0 Å². The maximum atomic E-state index is 12.7. The number of hydrogen-bond acceptors (Lipinski definition) is 3. The molecule has 0 radical (unpaired) electrons. The summed E-state index contributed by atoms with van der Waals surface area (Å²) in [7, 11) is -2.80. The van der Waals surface area contributed by atoms with E-state index in [4.69, 9.17) is 34.8 Å². The monoisotopic (exact) mass is 421 g/mol. The van der Waals surface area contributed by atoms with Crippen LogP contribution >= 0.6 is 34.8 Å². The second kappa shape index (κ2) is 7.93. The first-order chi connectivity index (χ1) is 11.6. The molecule has 2 rings (SSSR count). The predicted molar refractivity (Wildman–Crippen MR) is 98.0 cm³/mol. The van der Waals surface area contributed by atoms with Crippen molar-refractivity contribution in [2.45, 2.75) is 17.4 Å². The van der Waals surface area contributed by atoms with Crippen LogP contribution in [0.2, 0.25) is 15.1 Å². The molecule has 0 aliphatic heterocycles. The predicted octanol–water partition coefficient (Wildman–Crippen LogP) is 3.96. The molecule has 9 heteroatoms. The SMILES string of the molecule is CN(C(Cc1ccc(Cl)cc1Cl)C(=O)O)S(=O)(=O)c1ccc(Cl)cc1. The first-order valence-electron chi connectivity index (χ1n) is 7.03. The molecule has 1 atom stereocenters. The molecule has 0 aromatic heterocycles. The first kappa shape index (κ1) is 20.0. The van der Waals surface area contributed by atoms with Gasteiger partial charge in [0.15, 0.2) is 0 Å². The molecule has 25 heavy (non-hydrogen) atoms. The van der Waals surface area contributed by atoms with E-state index in [1.54, 1.807) is 12.1 Å². The van der Waals surface area contributed by atoms with Crippen molar-refractivity contribution < 1.29 is 18.3 Å². The van der Waals surface area contributed by atoms with Crippen molar-refractivity contribution in [1.29, 1.82) is 0 Å². The summed E-state index contributed by atoms with van der Waals surface area (Å²) in [6.07, 6.45) is -0.103. The van der Waals surface area contributed by atoms with Gasteiger partial charge in [-0.2, -0.15) is 4.31 Å². The summed E-state index contributed by atoms with van der Waals surface area (Å²) in [5.74, 6) is -1.29. The third-order valence-electron chi connectivity index (χ3n) is 3.64. The van der Waals surface area contributed by atoms with Gasteiger partial charge in [0.25, 0.3) is 0 Å². The van der Waals surface area contributed by atoms with E-state index in [1.807, 2.05) is 0 Å². The van der Waals surface area contributed by atoms with Gasteiger partial charge in [-0.3, -0.25) is 4.79 Å². The highest BCUT2D eigenvalue weighted by molar-refractivity contribution is 7.89. The van der Waals surface area contributed by atoms with Gasteiger partial charge in [0, 0.05) is 28.5 Å². The Morgan fingerprint density at radius 3 is 2.16 bits per heavy atom. The highest BCUT2D eigenvalue weighted by Crippen LogP contribution is 2.25. The summed E-state index contributed by atoms with van der Waals surface area (Å²) >= 11 is 17.7. The van der Waals surface area contributed by atoms with Crippen LogP contribution in [0.1, 0.15) is 5.56 Å². The molecule has 134 valence electrons. The van der Waals surface area contributed by atoms with Gasteiger partial charge in [-0.15, -0.1) is 0 Å². The van der Waals surface area contributed by atoms with Gasteiger partial charge in [-0.1, -0.05) is 40.9 Å². The molecule has 2 aromatic rings. The van der Waals surface area contributed by atoms with Crippen LogP contribution in [-0.2, 0) is 21.2 Å². The van der Waals surface area contributed by atoms with Gasteiger partial charge in [-0.05, 0) is 42.0 Å². The van der Waals surface area contributed by atoms with Gasteiger partial charge in [0.05, 0.1) is 4.90 Å². The van der Waals surface area contributed by atoms with Crippen molar-refractivity contribution in [2.75, 3.05) is 7.05 Å². The van der Waals surface area contributed by atoms with E-state index in [0.717, 1.165) is 4.31 Å². The molecule has 0 saturated heterocycles. The van der Waals surface area contributed by atoms with E-state index >= 15 is 0 Å². The summed E-state index contributed by atoms with van der Waals surface area (Å²) in [4.78, 5) is 11.6. The maximum absolute atomic E-state index is 12.7. The minimum absolute atomic E-state index is 0.0483. The van der Waals surface area contributed by atoms with Crippen LogP contribution in [0.3, 0.4) is 0 Å². The number of hydrogen-bond donors (Lipinski definition) is 1. The standard InChI is InChI=1S/C16H14Cl3NO4S/c1-20(25(23,24)13-6-4-11(17)5-7-13)15(16(21)22)8-10-2-3-12(18)9-14(10)19/h2-7,9,15H,8H2,1H3,(H,21,22). The van der Waals surface area contributed by atoms with Crippen LogP contribution < -0.4 is 0 Å². The van der Waals surface area contributed by atoms with Crippen LogP contribution in [0, 0.1) is 0 Å². The highest BCUT2D eigenvalue weighted by atomic mass is 35.5. The Balaban J connectivity index is 2.35. The van der Waals surface area contributed by atoms with Gasteiger partial charge in [0.2, 0.25) is 10.0 Å². The first-order valence-corrected chi connectivity index (χ1v) is 9.60. The molecule has 0 saturated carbocycles. The molecule has 1 N–H and O–H groups in total. The number of nitrogens with zero attached hydrogens (tertiary/aromatic N) is 1. The molecule has 1 unspecified atom stereocenters. The number of likely N-dealkylation sites (N-methyl/N-ethyl adjacent to an activating group) is 1. The van der Waals surface area contributed by atoms with Gasteiger partial charge < -0.3 is 5.11 Å². The van der Waals surface area contributed by atoms with Crippen LogP contribution in [0.5, 0.6) is 0 Å². The zero-order valence-corrected chi connectivity index (χ0v) is 16.1. The Bertz CT molecular complexity index is 885. The summed E-state index contributed by atoms with van der Waals surface area (Å²) < 4.78 is 26.2. The van der Waals surface area contributed by atoms with Crippen molar-refractivity contribution in [1.82, 2.24) is 4.31 Å². The minimum Gasteiger partial charge on any atom is -0.480 e. The third kappa shape index (κ3) is 4.65. The summed E-state index contributed by atoms with van der Waals surface area (Å²) in [5, 5.41) is 10.6. The quantitative estimate of drug-likeness (QED) is 0.764. The van der Waals surface area contributed by atoms with Crippen LogP contribution in [-0.4, -0.2) is 36.9 Å². The lowest BCUT2D eigenvalue weighted by molar-refractivity contribution is -0.141. The van der Waals surface area contributed by atoms with E-state index < -0.39 is 22.0 Å². The average Bonchev–Trinajstić information content (AvgIpc) is 2.53. The van der Waals surface area contributed by atoms with E-state index in [1.165, 1.54) is 37.4 Å². The zero-order valence-electron chi connectivity index (χ0n) is 13.0. The third-order valence-corrected chi connectivity index (χ3v) is 6.36. The van der Waals surface area contributed by atoms with Gasteiger partial charge in [0.1, 0.15) is 6.04 Å². The van der Waals surface area contributed by atoms with E-state index in [2.05, 4.69) is 0 Å². The Morgan fingerprint density at radius 2 is 1.64 bits per heavy atom. The Hall–Kier alpha value is -1.31. The second-order valence-corrected chi connectivity index (χ2v) is 8.55. The smallest absolute Gasteiger partial charge is 0.322 e. The number of carboxylic acids is 1. The Morgan fingerprint density at radius 1 is 1.08 bits per heavy atom. The molecule has 0 fully saturated rings. The van der Waals surface area contributed by atoms with Crippen LogP contribution in [0.4, 0.5) is 0 Å². The number of halogens is 3. The molecule has 0 aliphatic rings. The molecular formula is C16H14Cl3NO4S. The fourth-order valence-corrected chi connectivity index (χ4v) is 4.13. The molecule has 0 amide bonds. The van der Waals surface area contributed by atoms with Crippen LogP contribution in [0.15, 0.2) is 47.4 Å². The molecule has 0 spiro atoms. The van der Waals surface area contributed by atoms with Crippen molar-refractivity contribution in [3.05, 3.63) is 63.1 Å². The summed E-state index contributed by atoms with van der Waals surface area (Å²) in [6, 6.07) is 8.77. The Labute approximate surface area is 160 Å². The molecular weight excluding hydrogens is 409 g/mol. The molecule has 5 nitrogen and oxygen atoms in total. The maximum Gasteiger partial charge on any atom is 0.322 e. The lowest BCUT2D eigenvalue weighted by Gasteiger charge is -2.24. The Kier molecular flexibility index (Phi) is 6.35. The number of sulfonamides is 1. The lowest BCUT2D eigenvalue weighted by Crippen LogP contribution is -2.43. The minimum atomic E-state index is -4.02. The molecule has 0 aliphatic carbocycles. The van der Waals surface area contributed by atoms with E-state index in [9.17, 15) is 18.3 Å². The number of rotatable bonds is 6. The van der Waals surface area contributed by atoms with E-state index in [0.29, 0.717) is 15.6 Å². The number of aliphatic carboxylic acids is 1. The van der Waals surface area contributed by atoms with Gasteiger partial charge in [-0.25, -0.2) is 8.42 Å². The molecule has 0 heterocycles. The average molecular weight is 423 g/mol. The van der Waals surface area contributed by atoms with Crippen LogP contribution in [0.25, 0.3) is 0 Å². The summed E-state index contributed by atoms with van der Waals surface area (Å²) in [5.41, 5.74) is 0.483. The van der Waals surface area contributed by atoms with Crippen molar-refractivity contribution >= 4 is 50.8 Å². The molecule has 2 aromatic carbocycles. The zero-order chi connectivity index (χ0) is 18.8. The number of benzene rings is 2. The van der Waals surface area contributed by atoms with Crippen molar-refractivity contribution in [2.24, 2.45) is 0 Å². The fourth-order valence-electron chi connectivity index (χ4n) is 2.21. The number of carboxylic acid groups (broad SMARTS) is 1. The fraction of sp³-hybridized carbons (Fsp3) is 0.188. The lowest BCUT2D eigenvalue weighted by atomic mass is 10.1. The summed E-state index contributed by atoms with van der Waals surface area (Å²) in [6.45, 7) is 0. The van der Waals surface area contributed by atoms with Gasteiger partial charge >= 0.3 is 5.97 Å². The van der Waals surface area contributed by atoms with E-state index in [-0.39, 0.29) is 16.3 Å². The second-order valence-electron chi connectivity index (χ2n) is 5.27. The topological polar surface area (TPSA) is 74.7 Å². The normalized spacial score (nSPS) is 13.0. The molecule has 0 bridgehead atoms. The highest BCUT2D eigenvalue weighted by Gasteiger charge is 2.33. The van der Waals surface area contributed by atoms with Crippen molar-refractivity contribution in [3.63, 3.8) is 0 Å². The number of carbonyl (C=O) groups is 1.